The summed E-state index contributed by atoms with van der Waals surface area (Å²) in [5.41, 5.74) is 9.81. The van der Waals surface area contributed by atoms with Crippen LogP contribution in [-0.2, 0) is 36.2 Å². The number of aliphatic carboxylic acids is 4. The SMILES string of the molecule is CC(=O)[O-].CC(=O)[O-].CC(=O)[O-].CC(=O)[O-].NCCN.[Mn+4]. The van der Waals surface area contributed by atoms with Crippen molar-refractivity contribution in [2.45, 2.75) is 27.7 Å². The molecule has 0 aliphatic carbocycles. The Hall–Kier alpha value is -1.68. The first-order valence-corrected chi connectivity index (χ1v) is 4.95. The van der Waals surface area contributed by atoms with E-state index in [0.717, 1.165) is 27.7 Å². The molecule has 0 rings (SSSR count). The molecule has 0 aromatic heterocycles. The second-order valence-electron chi connectivity index (χ2n) is 2.54. The molecule has 0 aromatic carbocycles. The summed E-state index contributed by atoms with van der Waals surface area (Å²) in [5, 5.41) is 35.6. The van der Waals surface area contributed by atoms with Crippen LogP contribution in [0.4, 0.5) is 0 Å². The van der Waals surface area contributed by atoms with Crippen LogP contribution < -0.4 is 31.9 Å². The first-order chi connectivity index (χ1) is 8.84. The number of nitrogens with two attached hydrogens (primary N) is 2. The molecule has 11 heteroatoms. The fraction of sp³-hybridized carbons (Fsp3) is 0.600. The van der Waals surface area contributed by atoms with Gasteiger partial charge in [0.2, 0.25) is 0 Å². The Morgan fingerprint density at radius 2 is 0.667 bits per heavy atom. The van der Waals surface area contributed by atoms with Crippen molar-refractivity contribution < 1.29 is 56.7 Å². The molecule has 125 valence electrons. The van der Waals surface area contributed by atoms with Gasteiger partial charge in [-0.1, -0.05) is 0 Å². The molecule has 0 heterocycles. The summed E-state index contributed by atoms with van der Waals surface area (Å²) < 4.78 is 0. The molecule has 0 aromatic rings. The number of carbonyl (C=O) groups excluding carboxylic acids is 4. The quantitative estimate of drug-likeness (QED) is 0.426. The van der Waals surface area contributed by atoms with Gasteiger partial charge in [0.05, 0.1) is 0 Å². The maximum absolute atomic E-state index is 8.89. The van der Waals surface area contributed by atoms with Crippen molar-refractivity contribution in [1.82, 2.24) is 0 Å². The summed E-state index contributed by atoms with van der Waals surface area (Å²) in [6.07, 6.45) is 0. The maximum Gasteiger partial charge on any atom is 4.00 e. The largest absolute Gasteiger partial charge is 4.00 e. The molecule has 0 amide bonds. The minimum absolute atomic E-state index is 0. The molecular formula is C10H20MnN2O8. The fourth-order valence-electron chi connectivity index (χ4n) is 0. The minimum atomic E-state index is -1.08. The third-order valence-electron chi connectivity index (χ3n) is 0.167. The van der Waals surface area contributed by atoms with Gasteiger partial charge in [-0.15, -0.1) is 0 Å². The van der Waals surface area contributed by atoms with E-state index in [1.54, 1.807) is 0 Å². The van der Waals surface area contributed by atoms with Gasteiger partial charge in [0, 0.05) is 37.0 Å². The van der Waals surface area contributed by atoms with Gasteiger partial charge in [-0.05, 0) is 27.7 Å². The fourth-order valence-corrected chi connectivity index (χ4v) is 0. The van der Waals surface area contributed by atoms with Crippen LogP contribution >= 0.6 is 0 Å². The molecule has 0 atom stereocenters. The molecule has 10 nitrogen and oxygen atoms in total. The average Bonchev–Trinajstić information content (AvgIpc) is 2.13. The Morgan fingerprint density at radius 3 is 0.667 bits per heavy atom. The van der Waals surface area contributed by atoms with Gasteiger partial charge in [-0.25, -0.2) is 0 Å². The summed E-state index contributed by atoms with van der Waals surface area (Å²) in [6, 6.07) is 0. The summed E-state index contributed by atoms with van der Waals surface area (Å²) in [5.74, 6) is -4.33. The van der Waals surface area contributed by atoms with Crippen LogP contribution in [0.5, 0.6) is 0 Å². The molecule has 0 fully saturated rings. The Labute approximate surface area is 133 Å². The zero-order chi connectivity index (χ0) is 17.7. The number of carboxylic acids is 4. The van der Waals surface area contributed by atoms with Crippen LogP contribution in [-0.4, -0.2) is 37.0 Å². The van der Waals surface area contributed by atoms with Crippen LogP contribution in [0, 0.1) is 0 Å². The summed E-state index contributed by atoms with van der Waals surface area (Å²) in [4.78, 5) is 35.6. The molecule has 1 radical (unpaired) electrons. The van der Waals surface area contributed by atoms with E-state index in [0.29, 0.717) is 13.1 Å². The zero-order valence-electron chi connectivity index (χ0n) is 12.2. The van der Waals surface area contributed by atoms with Gasteiger partial charge in [0.25, 0.3) is 0 Å². The van der Waals surface area contributed by atoms with Crippen molar-refractivity contribution in [1.29, 1.82) is 0 Å². The predicted octanol–water partition coefficient (Wildman–Crippen LogP) is -6.07. The topological polar surface area (TPSA) is 213 Å². The summed E-state index contributed by atoms with van der Waals surface area (Å²) in [7, 11) is 0. The number of carbonyl (C=O) groups is 4. The van der Waals surface area contributed by atoms with E-state index >= 15 is 0 Å². The molecule has 4 N–H and O–H groups in total. The Bertz CT molecular complexity index is 195. The van der Waals surface area contributed by atoms with Gasteiger partial charge in [-0.2, -0.15) is 0 Å². The Balaban J connectivity index is -0.0000000331. The number of rotatable bonds is 1. The van der Waals surface area contributed by atoms with Gasteiger partial charge in [-0.3, -0.25) is 0 Å². The van der Waals surface area contributed by atoms with Crippen molar-refractivity contribution in [3.8, 4) is 0 Å². The monoisotopic (exact) mass is 351 g/mol. The smallest absolute Gasteiger partial charge is 0.550 e. The minimum Gasteiger partial charge on any atom is -0.550 e. The van der Waals surface area contributed by atoms with Gasteiger partial charge in [0.15, 0.2) is 0 Å². The van der Waals surface area contributed by atoms with Crippen molar-refractivity contribution >= 4 is 23.9 Å². The Morgan fingerprint density at radius 1 is 0.619 bits per heavy atom. The van der Waals surface area contributed by atoms with Gasteiger partial charge >= 0.3 is 17.1 Å². The van der Waals surface area contributed by atoms with E-state index in [-0.39, 0.29) is 17.1 Å². The molecule has 0 spiro atoms. The van der Waals surface area contributed by atoms with Crippen molar-refractivity contribution in [2.75, 3.05) is 13.1 Å². The molecule has 0 unspecified atom stereocenters. The third kappa shape index (κ3) is 10500. The van der Waals surface area contributed by atoms with Crippen molar-refractivity contribution in [3.63, 3.8) is 0 Å². The van der Waals surface area contributed by atoms with Gasteiger partial charge < -0.3 is 51.1 Å². The summed E-state index contributed by atoms with van der Waals surface area (Å²) in [6.45, 7) is 5.08. The van der Waals surface area contributed by atoms with Crippen molar-refractivity contribution in [3.05, 3.63) is 0 Å². The second-order valence-corrected chi connectivity index (χ2v) is 2.54. The second kappa shape index (κ2) is 36.2. The first kappa shape index (κ1) is 36.5. The van der Waals surface area contributed by atoms with Crippen LogP contribution in [0.3, 0.4) is 0 Å². The van der Waals surface area contributed by atoms with Crippen LogP contribution in [0.25, 0.3) is 0 Å². The Kier molecular flexibility index (Phi) is 63.0. The van der Waals surface area contributed by atoms with E-state index in [9.17, 15) is 0 Å². The van der Waals surface area contributed by atoms with Crippen LogP contribution in [0.1, 0.15) is 27.7 Å². The molecule has 0 bridgehead atoms. The van der Waals surface area contributed by atoms with E-state index in [4.69, 9.17) is 51.1 Å². The number of hydrogen-bond donors (Lipinski definition) is 2. The number of hydrogen-bond acceptors (Lipinski definition) is 10. The standard InChI is InChI=1S/C2H8N2.4C2H4O2.Mn/c3-1-2-4;4*1-2(3)4;/h1-4H2;4*1H3,(H,3,4);/q;;;;;+4/p-4. The maximum atomic E-state index is 8.89. The molecule has 0 aliphatic rings. The first-order valence-electron chi connectivity index (χ1n) is 4.95. The molecule has 0 saturated heterocycles. The van der Waals surface area contributed by atoms with E-state index in [1.807, 2.05) is 0 Å². The van der Waals surface area contributed by atoms with Crippen LogP contribution in [0.15, 0.2) is 0 Å². The number of carboxylic acid groups (broad SMARTS) is 4. The molecule has 0 saturated carbocycles. The molecular weight excluding hydrogens is 331 g/mol. The molecule has 0 aliphatic heterocycles. The van der Waals surface area contributed by atoms with Crippen LogP contribution in [0.2, 0.25) is 0 Å². The normalized spacial score (nSPS) is 6.19. The average molecular weight is 351 g/mol. The van der Waals surface area contributed by atoms with E-state index in [1.165, 1.54) is 0 Å². The van der Waals surface area contributed by atoms with Gasteiger partial charge in [0.1, 0.15) is 0 Å². The van der Waals surface area contributed by atoms with E-state index in [2.05, 4.69) is 0 Å². The molecule has 21 heavy (non-hydrogen) atoms. The van der Waals surface area contributed by atoms with Crippen molar-refractivity contribution in [2.24, 2.45) is 11.5 Å². The third-order valence-corrected chi connectivity index (χ3v) is 0.167. The zero-order valence-corrected chi connectivity index (χ0v) is 13.4. The van der Waals surface area contributed by atoms with E-state index < -0.39 is 23.9 Å². The summed E-state index contributed by atoms with van der Waals surface area (Å²) >= 11 is 0. The predicted molar refractivity (Wildman–Crippen MR) is 60.8 cm³/mol.